The van der Waals surface area contributed by atoms with Crippen molar-refractivity contribution in [2.75, 3.05) is 13.1 Å². The lowest BCUT2D eigenvalue weighted by Gasteiger charge is -2.32. The van der Waals surface area contributed by atoms with Gasteiger partial charge in [-0.1, -0.05) is 0 Å². The third kappa shape index (κ3) is 3.04. The number of ether oxygens (including phenoxy) is 1. The quantitative estimate of drug-likeness (QED) is 0.858. The summed E-state index contributed by atoms with van der Waals surface area (Å²) < 4.78 is 7.65. The Bertz CT molecular complexity index is 603. The molecule has 3 heterocycles. The molecule has 6 nitrogen and oxygen atoms in total. The van der Waals surface area contributed by atoms with E-state index in [9.17, 15) is 4.79 Å². The molecule has 21 heavy (non-hydrogen) atoms. The highest BCUT2D eigenvalue weighted by molar-refractivity contribution is 5.92. The van der Waals surface area contributed by atoms with Gasteiger partial charge < -0.3 is 14.2 Å². The van der Waals surface area contributed by atoms with Crippen molar-refractivity contribution >= 4 is 5.91 Å². The van der Waals surface area contributed by atoms with Crippen LogP contribution in [-0.2, 0) is 7.05 Å². The van der Waals surface area contributed by atoms with Crippen LogP contribution in [-0.4, -0.2) is 44.5 Å². The second-order valence-corrected chi connectivity index (χ2v) is 5.18. The fourth-order valence-electron chi connectivity index (χ4n) is 2.51. The van der Waals surface area contributed by atoms with Crippen LogP contribution in [0.15, 0.2) is 37.1 Å². The summed E-state index contributed by atoms with van der Waals surface area (Å²) >= 11 is 0. The van der Waals surface area contributed by atoms with Gasteiger partial charge in [0.05, 0.1) is 12.5 Å². The number of hydrogen-bond acceptors (Lipinski definition) is 4. The molecular weight excluding hydrogens is 268 g/mol. The summed E-state index contributed by atoms with van der Waals surface area (Å²) in [6, 6.07) is 3.71. The lowest BCUT2D eigenvalue weighted by molar-refractivity contribution is 0.0586. The number of imidazole rings is 1. The zero-order valence-corrected chi connectivity index (χ0v) is 12.0. The van der Waals surface area contributed by atoms with Gasteiger partial charge in [0, 0.05) is 45.4 Å². The van der Waals surface area contributed by atoms with E-state index in [0.717, 1.165) is 18.6 Å². The largest absolute Gasteiger partial charge is 0.490 e. The smallest absolute Gasteiger partial charge is 0.272 e. The van der Waals surface area contributed by atoms with E-state index >= 15 is 0 Å². The molecule has 0 atom stereocenters. The molecule has 0 N–H and O–H groups in total. The first-order chi connectivity index (χ1) is 10.2. The highest BCUT2D eigenvalue weighted by atomic mass is 16.5. The summed E-state index contributed by atoms with van der Waals surface area (Å²) in [5.41, 5.74) is 0.628. The molecule has 6 heteroatoms. The standard InChI is InChI=1S/C15H18N4O2/c1-18-11-17-10-14(18)15(20)19-8-4-13(5-9-19)21-12-2-6-16-7-3-12/h2-3,6-7,10-11,13H,4-5,8-9H2,1H3. The third-order valence-electron chi connectivity index (χ3n) is 3.72. The molecule has 1 aliphatic heterocycles. The Hall–Kier alpha value is -2.37. The third-order valence-corrected chi connectivity index (χ3v) is 3.72. The molecule has 0 saturated carbocycles. The predicted molar refractivity (Wildman–Crippen MR) is 77.0 cm³/mol. The Labute approximate surface area is 123 Å². The molecule has 0 aromatic carbocycles. The number of hydrogen-bond donors (Lipinski definition) is 0. The molecule has 3 rings (SSSR count). The summed E-state index contributed by atoms with van der Waals surface area (Å²) in [5.74, 6) is 0.874. The number of carbonyl (C=O) groups excluding carboxylic acids is 1. The van der Waals surface area contributed by atoms with Crippen LogP contribution >= 0.6 is 0 Å². The number of piperidine rings is 1. The van der Waals surface area contributed by atoms with Crippen molar-refractivity contribution in [1.29, 1.82) is 0 Å². The molecule has 1 fully saturated rings. The highest BCUT2D eigenvalue weighted by Crippen LogP contribution is 2.19. The van der Waals surface area contributed by atoms with Crippen molar-refractivity contribution < 1.29 is 9.53 Å². The van der Waals surface area contributed by atoms with Crippen molar-refractivity contribution in [3.63, 3.8) is 0 Å². The van der Waals surface area contributed by atoms with E-state index in [1.165, 1.54) is 0 Å². The summed E-state index contributed by atoms with van der Waals surface area (Å²) in [5, 5.41) is 0. The maximum atomic E-state index is 12.4. The first-order valence-corrected chi connectivity index (χ1v) is 7.06. The number of likely N-dealkylation sites (tertiary alicyclic amines) is 1. The van der Waals surface area contributed by atoms with Crippen LogP contribution in [0.4, 0.5) is 0 Å². The molecule has 110 valence electrons. The van der Waals surface area contributed by atoms with Gasteiger partial charge in [0.25, 0.3) is 5.91 Å². The Morgan fingerprint density at radius 3 is 2.57 bits per heavy atom. The van der Waals surface area contributed by atoms with Crippen molar-refractivity contribution in [3.8, 4) is 5.75 Å². The molecule has 2 aromatic rings. The number of rotatable bonds is 3. The lowest BCUT2D eigenvalue weighted by Crippen LogP contribution is -2.42. The van der Waals surface area contributed by atoms with Crippen molar-refractivity contribution in [3.05, 3.63) is 42.7 Å². The maximum absolute atomic E-state index is 12.4. The normalized spacial score (nSPS) is 16.0. The number of pyridine rings is 1. The molecule has 0 aliphatic carbocycles. The average molecular weight is 286 g/mol. The van der Waals surface area contributed by atoms with Gasteiger partial charge >= 0.3 is 0 Å². The number of nitrogens with zero attached hydrogens (tertiary/aromatic N) is 4. The Kier molecular flexibility index (Phi) is 3.85. The first-order valence-electron chi connectivity index (χ1n) is 7.06. The minimum absolute atomic E-state index is 0.0392. The van der Waals surface area contributed by atoms with Crippen LogP contribution in [0.2, 0.25) is 0 Å². The maximum Gasteiger partial charge on any atom is 0.272 e. The van der Waals surface area contributed by atoms with Crippen molar-refractivity contribution in [1.82, 2.24) is 19.4 Å². The molecule has 0 unspecified atom stereocenters. The number of amides is 1. The van der Waals surface area contributed by atoms with Gasteiger partial charge in [-0.05, 0) is 12.1 Å². The van der Waals surface area contributed by atoms with Crippen LogP contribution in [0.1, 0.15) is 23.3 Å². The minimum Gasteiger partial charge on any atom is -0.490 e. The Morgan fingerprint density at radius 1 is 1.24 bits per heavy atom. The summed E-state index contributed by atoms with van der Waals surface area (Å²) in [6.07, 6.45) is 8.53. The van der Waals surface area contributed by atoms with E-state index in [1.54, 1.807) is 29.5 Å². The van der Waals surface area contributed by atoms with Crippen LogP contribution in [0.25, 0.3) is 0 Å². The second kappa shape index (κ2) is 5.95. The van der Waals surface area contributed by atoms with Gasteiger partial charge in [-0.2, -0.15) is 0 Å². The van der Waals surface area contributed by atoms with Gasteiger partial charge in [-0.25, -0.2) is 4.98 Å². The minimum atomic E-state index is 0.0392. The first kappa shape index (κ1) is 13.6. The molecule has 1 aliphatic rings. The second-order valence-electron chi connectivity index (χ2n) is 5.18. The molecular formula is C15H18N4O2. The van der Waals surface area contributed by atoms with Crippen LogP contribution < -0.4 is 4.74 Å². The van der Waals surface area contributed by atoms with Crippen molar-refractivity contribution in [2.24, 2.45) is 7.05 Å². The van der Waals surface area contributed by atoms with E-state index < -0.39 is 0 Å². The monoisotopic (exact) mass is 286 g/mol. The number of aromatic nitrogens is 3. The number of carbonyl (C=O) groups is 1. The molecule has 0 bridgehead atoms. The van der Waals surface area contributed by atoms with Gasteiger partial charge in [0.1, 0.15) is 17.5 Å². The zero-order valence-electron chi connectivity index (χ0n) is 12.0. The fraction of sp³-hybridized carbons (Fsp3) is 0.400. The van der Waals surface area contributed by atoms with Gasteiger partial charge in [0.15, 0.2) is 0 Å². The zero-order chi connectivity index (χ0) is 14.7. The topological polar surface area (TPSA) is 60.2 Å². The summed E-state index contributed by atoms with van der Waals surface area (Å²) in [7, 11) is 1.83. The SMILES string of the molecule is Cn1cncc1C(=O)N1CCC(Oc2ccncc2)CC1. The van der Waals surface area contributed by atoms with Crippen LogP contribution in [0.5, 0.6) is 5.75 Å². The van der Waals surface area contributed by atoms with Gasteiger partial charge in [-0.3, -0.25) is 9.78 Å². The molecule has 1 saturated heterocycles. The van der Waals surface area contributed by atoms with Gasteiger partial charge in [-0.15, -0.1) is 0 Å². The van der Waals surface area contributed by atoms with Crippen molar-refractivity contribution in [2.45, 2.75) is 18.9 Å². The van der Waals surface area contributed by atoms with E-state index in [2.05, 4.69) is 9.97 Å². The van der Waals surface area contributed by atoms with Crippen LogP contribution in [0.3, 0.4) is 0 Å². The summed E-state index contributed by atoms with van der Waals surface area (Å²) in [6.45, 7) is 1.42. The van der Waals surface area contributed by atoms with Gasteiger partial charge in [0.2, 0.25) is 0 Å². The Balaban J connectivity index is 1.56. The Morgan fingerprint density at radius 2 is 1.95 bits per heavy atom. The van der Waals surface area contributed by atoms with E-state index in [-0.39, 0.29) is 12.0 Å². The average Bonchev–Trinajstić information content (AvgIpc) is 2.94. The van der Waals surface area contributed by atoms with Crippen LogP contribution in [0, 0.1) is 0 Å². The van der Waals surface area contributed by atoms with E-state index in [1.807, 2.05) is 24.1 Å². The van der Waals surface area contributed by atoms with E-state index in [0.29, 0.717) is 18.8 Å². The number of aryl methyl sites for hydroxylation is 1. The summed E-state index contributed by atoms with van der Waals surface area (Å²) in [4.78, 5) is 22.2. The lowest BCUT2D eigenvalue weighted by atomic mass is 10.1. The molecule has 1 amide bonds. The highest BCUT2D eigenvalue weighted by Gasteiger charge is 2.25. The predicted octanol–water partition coefficient (Wildman–Crippen LogP) is 1.50. The molecule has 0 radical (unpaired) electrons. The molecule has 0 spiro atoms. The van der Waals surface area contributed by atoms with E-state index in [4.69, 9.17) is 4.74 Å². The fourth-order valence-corrected chi connectivity index (χ4v) is 2.51. The molecule has 2 aromatic heterocycles.